The Morgan fingerprint density at radius 3 is 2.81 bits per heavy atom. The van der Waals surface area contributed by atoms with Gasteiger partial charge in [0.1, 0.15) is 5.92 Å². The number of fused-ring (bicyclic) bond motifs is 1. The normalized spacial score (nSPS) is 15.6. The molecule has 1 amide bonds. The maximum atomic E-state index is 13.3. The van der Waals surface area contributed by atoms with E-state index < -0.39 is 5.92 Å². The molecule has 32 heavy (non-hydrogen) atoms. The highest BCUT2D eigenvalue weighted by atomic mass is 32.1. The molecule has 1 aliphatic rings. The van der Waals surface area contributed by atoms with Crippen molar-refractivity contribution in [3.8, 4) is 17.1 Å². The van der Waals surface area contributed by atoms with Crippen LogP contribution in [0.2, 0.25) is 0 Å². The topological polar surface area (TPSA) is 106 Å². The third kappa shape index (κ3) is 3.23. The molecule has 2 aromatic carbocycles. The number of aliphatic imine (C=N–C) groups is 1. The van der Waals surface area contributed by atoms with Crippen LogP contribution in [0.15, 0.2) is 62.9 Å². The van der Waals surface area contributed by atoms with E-state index in [1.165, 1.54) is 10.8 Å². The molecular formula is C23H17N5O3S. The minimum absolute atomic E-state index is 0.217. The number of carbonyl (C=O) groups is 1. The van der Waals surface area contributed by atoms with E-state index in [0.29, 0.717) is 16.5 Å². The van der Waals surface area contributed by atoms with Crippen molar-refractivity contribution >= 4 is 35.2 Å². The van der Waals surface area contributed by atoms with Crippen LogP contribution in [0.1, 0.15) is 22.9 Å². The zero-order valence-corrected chi connectivity index (χ0v) is 18.0. The third-order valence-corrected chi connectivity index (χ3v) is 5.82. The summed E-state index contributed by atoms with van der Waals surface area (Å²) in [5.74, 6) is -0.560. The van der Waals surface area contributed by atoms with Gasteiger partial charge in [-0.3, -0.25) is 14.2 Å². The quantitative estimate of drug-likeness (QED) is 0.480. The molecule has 4 aromatic rings. The van der Waals surface area contributed by atoms with Gasteiger partial charge in [-0.15, -0.1) is 0 Å². The Morgan fingerprint density at radius 2 is 2.00 bits per heavy atom. The molecule has 0 saturated carbocycles. The van der Waals surface area contributed by atoms with Gasteiger partial charge in [0.25, 0.3) is 17.4 Å². The Kier molecular flexibility index (Phi) is 4.75. The van der Waals surface area contributed by atoms with Gasteiger partial charge in [0.15, 0.2) is 10.6 Å². The van der Waals surface area contributed by atoms with E-state index >= 15 is 0 Å². The summed E-state index contributed by atoms with van der Waals surface area (Å²) in [4.78, 5) is 36.5. The smallest absolute Gasteiger partial charge is 0.266 e. The second-order valence-corrected chi connectivity index (χ2v) is 7.87. The van der Waals surface area contributed by atoms with E-state index in [0.717, 1.165) is 16.8 Å². The van der Waals surface area contributed by atoms with Crippen molar-refractivity contribution in [2.24, 2.45) is 4.99 Å². The number of carbonyl (C=O) groups excluding carboxylic acids is 1. The van der Waals surface area contributed by atoms with Crippen LogP contribution in [0.3, 0.4) is 0 Å². The number of amides is 1. The summed E-state index contributed by atoms with van der Waals surface area (Å²) in [7, 11) is 0. The number of nitrogens with zero attached hydrogens (tertiary/aromatic N) is 4. The zero-order valence-electron chi connectivity index (χ0n) is 17.2. The van der Waals surface area contributed by atoms with Gasteiger partial charge >= 0.3 is 0 Å². The summed E-state index contributed by atoms with van der Waals surface area (Å²) in [6, 6.07) is 10.9. The fourth-order valence-electron chi connectivity index (χ4n) is 3.66. The van der Waals surface area contributed by atoms with Crippen LogP contribution in [0.5, 0.6) is 0 Å². The summed E-state index contributed by atoms with van der Waals surface area (Å²) >= 11 is 5.51. The molecule has 8 nitrogen and oxygen atoms in total. The first-order chi connectivity index (χ1) is 15.4. The van der Waals surface area contributed by atoms with Gasteiger partial charge in [-0.2, -0.15) is 4.98 Å². The first-order valence-electron chi connectivity index (χ1n) is 9.88. The number of hydrogen-bond donors (Lipinski definition) is 1. The van der Waals surface area contributed by atoms with Crippen LogP contribution in [-0.4, -0.2) is 31.8 Å². The number of aromatic amines is 1. The molecule has 1 atom stereocenters. The fourth-order valence-corrected chi connectivity index (χ4v) is 3.95. The SMILES string of the molecule is Cc1cccc(-n2c(=S)[nH]c3cc(-c4nc(C5C=CC=NC5=O)no4)ccc3c2=O)c1C. The highest BCUT2D eigenvalue weighted by Gasteiger charge is 2.25. The fraction of sp³-hybridized carbons (Fsp3) is 0.130. The Bertz CT molecular complexity index is 1570. The van der Waals surface area contributed by atoms with Crippen LogP contribution in [0.25, 0.3) is 28.0 Å². The molecule has 0 aliphatic carbocycles. The van der Waals surface area contributed by atoms with Crippen molar-refractivity contribution < 1.29 is 9.32 Å². The molecule has 2 aromatic heterocycles. The molecule has 3 heterocycles. The van der Waals surface area contributed by atoms with E-state index in [-0.39, 0.29) is 28.0 Å². The Morgan fingerprint density at radius 1 is 1.16 bits per heavy atom. The van der Waals surface area contributed by atoms with E-state index in [4.69, 9.17) is 16.7 Å². The average molecular weight is 443 g/mol. The Balaban J connectivity index is 1.59. The van der Waals surface area contributed by atoms with E-state index in [2.05, 4.69) is 20.1 Å². The molecular weight excluding hydrogens is 426 g/mol. The number of aryl methyl sites for hydroxylation is 1. The Labute approximate surface area is 186 Å². The zero-order chi connectivity index (χ0) is 22.4. The molecule has 0 radical (unpaired) electrons. The number of dihydropyridines is 1. The lowest BCUT2D eigenvalue weighted by atomic mass is 10.1. The van der Waals surface area contributed by atoms with Gasteiger partial charge in [0.2, 0.25) is 0 Å². The number of aromatic nitrogens is 4. The molecule has 5 rings (SSSR count). The lowest BCUT2D eigenvalue weighted by Gasteiger charge is -2.12. The van der Waals surface area contributed by atoms with Crippen LogP contribution in [0, 0.1) is 18.6 Å². The molecule has 0 saturated heterocycles. The standard InChI is InChI=1S/C23H17N5O3S/c1-12-5-3-7-18(13(12)2)28-22(30)15-9-8-14(11-17(15)25-23(28)32)21-26-19(27-31-21)16-6-4-10-24-20(16)29/h3-11,16H,1-2H3,(H,25,32). The molecule has 0 bridgehead atoms. The van der Waals surface area contributed by atoms with Gasteiger partial charge in [-0.1, -0.05) is 23.4 Å². The Hall–Kier alpha value is -3.98. The minimum Gasteiger partial charge on any atom is -0.334 e. The summed E-state index contributed by atoms with van der Waals surface area (Å²) in [6.07, 6.45) is 4.76. The van der Waals surface area contributed by atoms with Crippen molar-refractivity contribution in [3.63, 3.8) is 0 Å². The number of allylic oxidation sites excluding steroid dienone is 1. The molecule has 1 aliphatic heterocycles. The molecule has 1 N–H and O–H groups in total. The second kappa shape index (κ2) is 7.61. The molecule has 9 heteroatoms. The maximum Gasteiger partial charge on any atom is 0.266 e. The van der Waals surface area contributed by atoms with Crippen molar-refractivity contribution in [2.75, 3.05) is 0 Å². The van der Waals surface area contributed by atoms with Gasteiger partial charge in [-0.25, -0.2) is 4.99 Å². The summed E-state index contributed by atoms with van der Waals surface area (Å²) in [5.41, 5.74) is 3.74. The number of benzene rings is 2. The highest BCUT2D eigenvalue weighted by molar-refractivity contribution is 7.71. The van der Waals surface area contributed by atoms with E-state index in [1.807, 2.05) is 32.0 Å². The largest absolute Gasteiger partial charge is 0.334 e. The van der Waals surface area contributed by atoms with Crippen molar-refractivity contribution in [3.05, 3.63) is 80.6 Å². The van der Waals surface area contributed by atoms with Crippen LogP contribution in [-0.2, 0) is 4.79 Å². The van der Waals surface area contributed by atoms with Crippen LogP contribution < -0.4 is 5.56 Å². The predicted molar refractivity (Wildman–Crippen MR) is 123 cm³/mol. The minimum atomic E-state index is -0.673. The lowest BCUT2D eigenvalue weighted by Crippen LogP contribution is -2.21. The lowest BCUT2D eigenvalue weighted by molar-refractivity contribution is -0.118. The second-order valence-electron chi connectivity index (χ2n) is 7.49. The summed E-state index contributed by atoms with van der Waals surface area (Å²) in [6.45, 7) is 3.95. The number of H-pyrrole nitrogens is 1. The summed E-state index contributed by atoms with van der Waals surface area (Å²) in [5, 5.41) is 4.40. The van der Waals surface area contributed by atoms with Crippen LogP contribution >= 0.6 is 12.2 Å². The molecule has 0 spiro atoms. The molecule has 1 unspecified atom stereocenters. The van der Waals surface area contributed by atoms with Gasteiger partial charge in [0, 0.05) is 11.8 Å². The molecule has 158 valence electrons. The number of rotatable bonds is 3. The highest BCUT2D eigenvalue weighted by Crippen LogP contribution is 2.25. The van der Waals surface area contributed by atoms with Gasteiger partial charge in [-0.05, 0) is 67.5 Å². The third-order valence-electron chi connectivity index (χ3n) is 5.54. The average Bonchev–Trinajstić information content (AvgIpc) is 3.26. The number of nitrogens with one attached hydrogen (secondary N) is 1. The van der Waals surface area contributed by atoms with Crippen LogP contribution in [0.4, 0.5) is 0 Å². The predicted octanol–water partition coefficient (Wildman–Crippen LogP) is 3.97. The maximum absolute atomic E-state index is 13.3. The van der Waals surface area contributed by atoms with Gasteiger partial charge < -0.3 is 9.51 Å². The summed E-state index contributed by atoms with van der Waals surface area (Å²) < 4.78 is 7.15. The van der Waals surface area contributed by atoms with Crippen molar-refractivity contribution in [1.29, 1.82) is 0 Å². The van der Waals surface area contributed by atoms with Crippen molar-refractivity contribution in [1.82, 2.24) is 19.7 Å². The van der Waals surface area contributed by atoms with Crippen molar-refractivity contribution in [2.45, 2.75) is 19.8 Å². The monoisotopic (exact) mass is 443 g/mol. The number of hydrogen-bond acceptors (Lipinski definition) is 6. The first-order valence-corrected chi connectivity index (χ1v) is 10.3. The van der Waals surface area contributed by atoms with E-state index in [9.17, 15) is 9.59 Å². The first kappa shape index (κ1) is 20.0. The van der Waals surface area contributed by atoms with Gasteiger partial charge in [0.05, 0.1) is 16.6 Å². The van der Waals surface area contributed by atoms with E-state index in [1.54, 1.807) is 30.4 Å². The molecule has 0 fully saturated rings.